The number of hydrogen-bond donors (Lipinski definition) is 2. The van der Waals surface area contributed by atoms with E-state index in [1.807, 2.05) is 29.0 Å². The lowest BCUT2D eigenvalue weighted by Crippen LogP contribution is -2.11. The maximum atomic E-state index is 13.0. The van der Waals surface area contributed by atoms with Crippen molar-refractivity contribution in [2.24, 2.45) is 0 Å². The maximum Gasteiger partial charge on any atom is 0.359 e. The zero-order chi connectivity index (χ0) is 21.1. The highest BCUT2D eigenvalue weighted by Gasteiger charge is 2.19. The van der Waals surface area contributed by atoms with Crippen molar-refractivity contribution in [2.75, 3.05) is 17.3 Å². The minimum atomic E-state index is -0.606. The number of aromatic nitrogens is 5. The van der Waals surface area contributed by atoms with Gasteiger partial charge < -0.3 is 15.8 Å². The molecule has 0 aliphatic carbocycles. The monoisotopic (exact) mass is 425 g/mol. The summed E-state index contributed by atoms with van der Waals surface area (Å²) in [5.74, 6) is -0.699. The van der Waals surface area contributed by atoms with Crippen molar-refractivity contribution in [2.45, 2.75) is 11.8 Å². The molecule has 0 bridgehead atoms. The second kappa shape index (κ2) is 8.33. The summed E-state index contributed by atoms with van der Waals surface area (Å²) in [6.45, 7) is -0.218. The van der Waals surface area contributed by atoms with Crippen molar-refractivity contribution in [1.29, 1.82) is 0 Å². The van der Waals surface area contributed by atoms with Gasteiger partial charge in [-0.1, -0.05) is 17.8 Å². The lowest BCUT2D eigenvalue weighted by molar-refractivity contribution is 0.0458. The molecule has 0 radical (unpaired) electrons. The molecule has 3 heterocycles. The third-order valence-electron chi connectivity index (χ3n) is 4.02. The van der Waals surface area contributed by atoms with Crippen molar-refractivity contribution in [1.82, 2.24) is 24.3 Å². The first kappa shape index (κ1) is 19.6. The van der Waals surface area contributed by atoms with Crippen molar-refractivity contribution >= 4 is 40.8 Å². The van der Waals surface area contributed by atoms with Gasteiger partial charge in [0, 0.05) is 11.9 Å². The number of carbonyl (C=O) groups excluding carboxylic acids is 1. The van der Waals surface area contributed by atoms with Gasteiger partial charge in [0.15, 0.2) is 23.3 Å². The van der Waals surface area contributed by atoms with Crippen LogP contribution < -0.4 is 11.1 Å². The second-order valence-electron chi connectivity index (χ2n) is 6.04. The zero-order valence-electron chi connectivity index (χ0n) is 15.7. The minimum Gasteiger partial charge on any atom is -0.453 e. The van der Waals surface area contributed by atoms with Gasteiger partial charge in [0.05, 0.1) is 5.52 Å². The van der Waals surface area contributed by atoms with Crippen LogP contribution in [0.2, 0.25) is 0 Å². The predicted octanol–water partition coefficient (Wildman–Crippen LogP) is 3.06. The molecule has 0 unspecified atom stereocenters. The third kappa shape index (κ3) is 4.15. The molecule has 152 valence electrons. The van der Waals surface area contributed by atoms with Crippen LogP contribution in [0.1, 0.15) is 16.3 Å². The Bertz CT molecular complexity index is 1210. The number of thioether (sulfide) groups is 1. The molecule has 4 rings (SSSR count). The number of ether oxygens (including phenoxy) is 1. The summed E-state index contributed by atoms with van der Waals surface area (Å²) in [6.07, 6.45) is 3.70. The molecule has 0 saturated carbocycles. The maximum absolute atomic E-state index is 13.0. The number of anilines is 3. The van der Waals surface area contributed by atoms with Gasteiger partial charge in [0.2, 0.25) is 11.9 Å². The quantitative estimate of drug-likeness (QED) is 0.355. The highest BCUT2D eigenvalue weighted by molar-refractivity contribution is 7.98. The summed E-state index contributed by atoms with van der Waals surface area (Å²) >= 11 is 1.42. The SMILES string of the molecule is CSc1nc(C(=O)OCc2nc(N)nc(Nc3ccc(F)cc3)n2)c2ccccn12. The molecule has 3 N–H and O–H groups in total. The van der Waals surface area contributed by atoms with Gasteiger partial charge in [0.25, 0.3) is 0 Å². The summed E-state index contributed by atoms with van der Waals surface area (Å²) in [6, 6.07) is 11.1. The molecule has 0 aliphatic rings. The summed E-state index contributed by atoms with van der Waals surface area (Å²) in [7, 11) is 0. The molecule has 4 aromatic rings. The molecule has 1 aromatic carbocycles. The molecule has 11 heteroatoms. The first-order chi connectivity index (χ1) is 14.5. The number of carbonyl (C=O) groups is 1. The Hall–Kier alpha value is -3.73. The number of esters is 1. The van der Waals surface area contributed by atoms with Crippen LogP contribution in [-0.4, -0.2) is 36.6 Å². The highest BCUT2D eigenvalue weighted by atomic mass is 32.2. The Morgan fingerprint density at radius 3 is 2.73 bits per heavy atom. The first-order valence-electron chi connectivity index (χ1n) is 8.74. The summed E-state index contributed by atoms with van der Waals surface area (Å²) < 4.78 is 20.2. The molecule has 0 amide bonds. The molecule has 30 heavy (non-hydrogen) atoms. The Kier molecular flexibility index (Phi) is 5.44. The molecule has 0 fully saturated rings. The van der Waals surface area contributed by atoms with E-state index in [2.05, 4.69) is 25.3 Å². The van der Waals surface area contributed by atoms with Crippen molar-refractivity contribution in [3.8, 4) is 0 Å². The average Bonchev–Trinajstić information content (AvgIpc) is 3.12. The van der Waals surface area contributed by atoms with Gasteiger partial charge in [-0.3, -0.25) is 4.40 Å². The van der Waals surface area contributed by atoms with E-state index in [0.717, 1.165) is 0 Å². The summed E-state index contributed by atoms with van der Waals surface area (Å²) in [5, 5.41) is 3.57. The van der Waals surface area contributed by atoms with Crippen LogP contribution in [0.25, 0.3) is 5.52 Å². The van der Waals surface area contributed by atoms with Crippen LogP contribution >= 0.6 is 11.8 Å². The van der Waals surface area contributed by atoms with E-state index in [1.54, 1.807) is 6.07 Å². The minimum absolute atomic E-state index is 0.0437. The number of nitrogens with zero attached hydrogens (tertiary/aromatic N) is 5. The molecule has 0 spiro atoms. The number of nitrogens with two attached hydrogens (primary N) is 1. The number of fused-ring (bicyclic) bond motifs is 1. The zero-order valence-corrected chi connectivity index (χ0v) is 16.6. The lowest BCUT2D eigenvalue weighted by Gasteiger charge is -2.08. The smallest absolute Gasteiger partial charge is 0.359 e. The molecule has 0 aliphatic heterocycles. The van der Waals surface area contributed by atoms with Gasteiger partial charge in [-0.05, 0) is 42.7 Å². The number of pyridine rings is 1. The van der Waals surface area contributed by atoms with E-state index in [9.17, 15) is 9.18 Å². The van der Waals surface area contributed by atoms with Crippen molar-refractivity contribution in [3.05, 3.63) is 66.0 Å². The number of nitrogens with one attached hydrogen (secondary N) is 1. The fourth-order valence-corrected chi connectivity index (χ4v) is 3.26. The van der Waals surface area contributed by atoms with Gasteiger partial charge in [-0.25, -0.2) is 14.2 Å². The largest absolute Gasteiger partial charge is 0.453 e. The Morgan fingerprint density at radius 2 is 1.97 bits per heavy atom. The Morgan fingerprint density at radius 1 is 1.17 bits per heavy atom. The van der Waals surface area contributed by atoms with Crippen LogP contribution in [0.15, 0.2) is 53.8 Å². The number of halogens is 1. The normalized spacial score (nSPS) is 10.9. The van der Waals surface area contributed by atoms with Gasteiger partial charge in [-0.15, -0.1) is 0 Å². The van der Waals surface area contributed by atoms with Crippen molar-refractivity contribution in [3.63, 3.8) is 0 Å². The molecular weight excluding hydrogens is 409 g/mol. The van der Waals surface area contributed by atoms with Crippen LogP contribution in [0.3, 0.4) is 0 Å². The Labute approximate surface area is 174 Å². The standard InChI is InChI=1S/C19H16FN7O2S/c1-30-19-25-15(13-4-2-3-9-27(13)19)16(28)29-10-14-23-17(21)26-18(24-14)22-12-7-5-11(20)6-8-12/h2-9H,10H2,1H3,(H3,21,22,23,24,26). The summed E-state index contributed by atoms with van der Waals surface area (Å²) in [5.41, 5.74) is 7.14. The fourth-order valence-electron chi connectivity index (χ4n) is 2.72. The van der Waals surface area contributed by atoms with Gasteiger partial charge in [-0.2, -0.15) is 15.0 Å². The van der Waals surface area contributed by atoms with Crippen LogP contribution in [0.4, 0.5) is 22.0 Å². The van der Waals surface area contributed by atoms with E-state index in [-0.39, 0.29) is 35.8 Å². The number of hydrogen-bond acceptors (Lipinski definition) is 9. The van der Waals surface area contributed by atoms with Crippen LogP contribution in [-0.2, 0) is 11.3 Å². The van der Waals surface area contributed by atoms with E-state index >= 15 is 0 Å². The van der Waals surface area contributed by atoms with Crippen molar-refractivity contribution < 1.29 is 13.9 Å². The topological polar surface area (TPSA) is 120 Å². The summed E-state index contributed by atoms with van der Waals surface area (Å²) in [4.78, 5) is 29.1. The van der Waals surface area contributed by atoms with E-state index in [4.69, 9.17) is 10.5 Å². The number of benzene rings is 1. The van der Waals surface area contributed by atoms with Crippen LogP contribution in [0.5, 0.6) is 0 Å². The number of rotatable bonds is 6. The molecule has 3 aromatic heterocycles. The average molecular weight is 425 g/mol. The highest BCUT2D eigenvalue weighted by Crippen LogP contribution is 2.21. The second-order valence-corrected chi connectivity index (χ2v) is 6.82. The Balaban J connectivity index is 1.50. The van der Waals surface area contributed by atoms with Gasteiger partial charge in [0.1, 0.15) is 5.82 Å². The first-order valence-corrected chi connectivity index (χ1v) is 9.97. The molecule has 0 atom stereocenters. The van der Waals surface area contributed by atoms with Gasteiger partial charge >= 0.3 is 5.97 Å². The van der Waals surface area contributed by atoms with E-state index < -0.39 is 5.97 Å². The van der Waals surface area contributed by atoms with E-state index in [0.29, 0.717) is 16.4 Å². The lowest BCUT2D eigenvalue weighted by atomic mass is 10.3. The van der Waals surface area contributed by atoms with Crippen LogP contribution in [0, 0.1) is 5.82 Å². The number of nitrogen functional groups attached to an aromatic ring is 1. The molecular formula is C19H16FN7O2S. The molecule has 9 nitrogen and oxygen atoms in total. The van der Waals surface area contributed by atoms with E-state index in [1.165, 1.54) is 36.0 Å². The molecule has 0 saturated heterocycles. The predicted molar refractivity (Wildman–Crippen MR) is 110 cm³/mol. The fraction of sp³-hybridized carbons (Fsp3) is 0.105. The number of imidazole rings is 1. The third-order valence-corrected chi connectivity index (χ3v) is 4.68.